The number of rotatable bonds is 6. The minimum absolute atomic E-state index is 0.0752. The lowest BCUT2D eigenvalue weighted by Crippen LogP contribution is -2.18. The summed E-state index contributed by atoms with van der Waals surface area (Å²) in [5.41, 5.74) is 7.74. The van der Waals surface area contributed by atoms with Gasteiger partial charge in [-0.1, -0.05) is 6.07 Å². The predicted octanol–water partition coefficient (Wildman–Crippen LogP) is 1.26. The molecule has 0 aliphatic carbocycles. The molecule has 24 heavy (non-hydrogen) atoms. The van der Waals surface area contributed by atoms with Crippen LogP contribution >= 0.6 is 0 Å². The van der Waals surface area contributed by atoms with Gasteiger partial charge in [0, 0.05) is 14.1 Å². The molecule has 0 amide bonds. The lowest BCUT2D eigenvalue weighted by molar-refractivity contribution is -0.147. The highest BCUT2D eigenvalue weighted by molar-refractivity contribution is 5.71. The van der Waals surface area contributed by atoms with E-state index < -0.39 is 5.97 Å². The number of hydrogen-bond acceptors (Lipinski definition) is 8. The van der Waals surface area contributed by atoms with Crippen molar-refractivity contribution in [2.24, 2.45) is 0 Å². The predicted molar refractivity (Wildman–Crippen MR) is 89.8 cm³/mol. The number of aromatic nitrogens is 3. The van der Waals surface area contributed by atoms with Crippen LogP contribution < -0.4 is 15.4 Å². The fourth-order valence-electron chi connectivity index (χ4n) is 2.03. The molecule has 0 bridgehead atoms. The Balaban J connectivity index is 1.89. The second-order valence-corrected chi connectivity index (χ2v) is 5.58. The van der Waals surface area contributed by atoms with Crippen molar-refractivity contribution in [3.8, 4) is 5.75 Å². The summed E-state index contributed by atoms with van der Waals surface area (Å²) in [7, 11) is 3.56. The van der Waals surface area contributed by atoms with Crippen LogP contribution in [-0.4, -0.2) is 41.6 Å². The molecule has 2 rings (SSSR count). The molecule has 8 heteroatoms. The van der Waals surface area contributed by atoms with E-state index in [1.807, 2.05) is 32.0 Å². The van der Waals surface area contributed by atoms with Crippen LogP contribution in [0.4, 0.5) is 11.9 Å². The number of aryl methyl sites for hydroxylation is 2. The number of benzene rings is 1. The van der Waals surface area contributed by atoms with E-state index in [4.69, 9.17) is 15.2 Å². The van der Waals surface area contributed by atoms with E-state index in [1.54, 1.807) is 19.0 Å². The highest BCUT2D eigenvalue weighted by Crippen LogP contribution is 2.16. The van der Waals surface area contributed by atoms with E-state index in [2.05, 4.69) is 15.0 Å². The molecule has 2 aromatic rings. The Morgan fingerprint density at radius 1 is 1.12 bits per heavy atom. The number of hydrogen-bond donors (Lipinski definition) is 1. The summed E-state index contributed by atoms with van der Waals surface area (Å²) in [6.07, 6.45) is 0. The van der Waals surface area contributed by atoms with Gasteiger partial charge in [-0.3, -0.25) is 0 Å². The molecule has 0 fully saturated rings. The Labute approximate surface area is 140 Å². The maximum Gasteiger partial charge on any atom is 0.344 e. The van der Waals surface area contributed by atoms with Gasteiger partial charge in [0.2, 0.25) is 11.9 Å². The summed E-state index contributed by atoms with van der Waals surface area (Å²) < 4.78 is 10.6. The fraction of sp³-hybridized carbons (Fsp3) is 0.375. The molecule has 1 aromatic carbocycles. The molecular weight excluding hydrogens is 310 g/mol. The molecule has 0 spiro atoms. The standard InChI is InChI=1S/C16H21N5O3/c1-10-5-11(2)7-12(6-10)23-9-14(22)24-8-13-18-15(17)20-16(19-13)21(3)4/h5-7H,8-9H2,1-4H3,(H2,17,18,19,20). The third-order valence-electron chi connectivity index (χ3n) is 3.00. The number of nitrogens with two attached hydrogens (primary N) is 1. The van der Waals surface area contributed by atoms with E-state index in [0.29, 0.717) is 11.7 Å². The zero-order chi connectivity index (χ0) is 17.7. The number of anilines is 2. The summed E-state index contributed by atoms with van der Waals surface area (Å²) in [6.45, 7) is 3.64. The van der Waals surface area contributed by atoms with Gasteiger partial charge >= 0.3 is 5.97 Å². The first-order chi connectivity index (χ1) is 11.3. The van der Waals surface area contributed by atoms with Crippen LogP contribution in [-0.2, 0) is 16.1 Å². The molecule has 0 unspecified atom stereocenters. The molecule has 1 aromatic heterocycles. The third-order valence-corrected chi connectivity index (χ3v) is 3.00. The lowest BCUT2D eigenvalue weighted by atomic mass is 10.1. The van der Waals surface area contributed by atoms with Crippen LogP contribution in [0.2, 0.25) is 0 Å². The van der Waals surface area contributed by atoms with Gasteiger partial charge < -0.3 is 20.1 Å². The Bertz CT molecular complexity index is 713. The largest absolute Gasteiger partial charge is 0.482 e. The van der Waals surface area contributed by atoms with Crippen LogP contribution in [0.1, 0.15) is 17.0 Å². The van der Waals surface area contributed by atoms with Crippen LogP contribution in [0.3, 0.4) is 0 Å². The zero-order valence-electron chi connectivity index (χ0n) is 14.2. The Hall–Kier alpha value is -2.90. The van der Waals surface area contributed by atoms with Crippen molar-refractivity contribution in [2.75, 3.05) is 31.3 Å². The smallest absolute Gasteiger partial charge is 0.344 e. The van der Waals surface area contributed by atoms with E-state index in [0.717, 1.165) is 11.1 Å². The average molecular weight is 331 g/mol. The molecule has 0 radical (unpaired) electrons. The summed E-state index contributed by atoms with van der Waals surface area (Å²) in [5.74, 6) is 0.875. The first-order valence-corrected chi connectivity index (χ1v) is 7.38. The maximum atomic E-state index is 11.8. The van der Waals surface area contributed by atoms with Crippen LogP contribution in [0, 0.1) is 13.8 Å². The Morgan fingerprint density at radius 3 is 2.42 bits per heavy atom. The zero-order valence-corrected chi connectivity index (χ0v) is 14.2. The number of esters is 1. The van der Waals surface area contributed by atoms with Crippen molar-refractivity contribution in [2.45, 2.75) is 20.5 Å². The summed E-state index contributed by atoms with van der Waals surface area (Å²) >= 11 is 0. The summed E-state index contributed by atoms with van der Waals surface area (Å²) in [4.78, 5) is 25.6. The quantitative estimate of drug-likeness (QED) is 0.789. The van der Waals surface area contributed by atoms with Gasteiger partial charge in [-0.15, -0.1) is 0 Å². The van der Waals surface area contributed by atoms with E-state index in [-0.39, 0.29) is 25.0 Å². The molecule has 0 atom stereocenters. The monoisotopic (exact) mass is 331 g/mol. The van der Waals surface area contributed by atoms with E-state index >= 15 is 0 Å². The molecule has 0 aliphatic heterocycles. The molecular formula is C16H21N5O3. The number of carbonyl (C=O) groups excluding carboxylic acids is 1. The molecule has 0 saturated heterocycles. The van der Waals surface area contributed by atoms with Crippen LogP contribution in [0.5, 0.6) is 5.75 Å². The number of ether oxygens (including phenoxy) is 2. The van der Waals surface area contributed by atoms with Crippen molar-refractivity contribution in [3.05, 3.63) is 35.2 Å². The SMILES string of the molecule is Cc1cc(C)cc(OCC(=O)OCc2nc(N)nc(N(C)C)n2)c1. The number of carbonyl (C=O) groups is 1. The molecule has 1 heterocycles. The Morgan fingerprint density at radius 2 is 1.79 bits per heavy atom. The second-order valence-electron chi connectivity index (χ2n) is 5.58. The first-order valence-electron chi connectivity index (χ1n) is 7.38. The minimum Gasteiger partial charge on any atom is -0.482 e. The van der Waals surface area contributed by atoms with Gasteiger partial charge in [0.05, 0.1) is 0 Å². The average Bonchev–Trinajstić information content (AvgIpc) is 2.49. The van der Waals surface area contributed by atoms with E-state index in [9.17, 15) is 4.79 Å². The topological polar surface area (TPSA) is 103 Å². The lowest BCUT2D eigenvalue weighted by Gasteiger charge is -2.12. The molecule has 128 valence electrons. The third kappa shape index (κ3) is 5.08. The van der Waals surface area contributed by atoms with Gasteiger partial charge in [-0.05, 0) is 37.1 Å². The van der Waals surface area contributed by atoms with Crippen molar-refractivity contribution in [3.63, 3.8) is 0 Å². The first kappa shape index (κ1) is 17.5. The molecule has 8 nitrogen and oxygen atoms in total. The van der Waals surface area contributed by atoms with Crippen LogP contribution in [0.25, 0.3) is 0 Å². The Kier molecular flexibility index (Phi) is 5.51. The fourth-order valence-corrected chi connectivity index (χ4v) is 2.03. The number of nitrogens with zero attached hydrogens (tertiary/aromatic N) is 4. The molecule has 0 aliphatic rings. The van der Waals surface area contributed by atoms with Crippen molar-refractivity contribution in [1.82, 2.24) is 15.0 Å². The van der Waals surface area contributed by atoms with Gasteiger partial charge in [-0.2, -0.15) is 15.0 Å². The maximum absolute atomic E-state index is 11.8. The normalized spacial score (nSPS) is 10.3. The minimum atomic E-state index is -0.514. The van der Waals surface area contributed by atoms with Gasteiger partial charge in [-0.25, -0.2) is 4.79 Å². The second kappa shape index (κ2) is 7.58. The highest BCUT2D eigenvalue weighted by Gasteiger charge is 2.10. The summed E-state index contributed by atoms with van der Waals surface area (Å²) in [5, 5.41) is 0. The summed E-state index contributed by atoms with van der Waals surface area (Å²) in [6, 6.07) is 5.74. The van der Waals surface area contributed by atoms with Crippen molar-refractivity contribution < 1.29 is 14.3 Å². The highest BCUT2D eigenvalue weighted by atomic mass is 16.6. The molecule has 2 N–H and O–H groups in total. The van der Waals surface area contributed by atoms with E-state index in [1.165, 1.54) is 0 Å². The van der Waals surface area contributed by atoms with Gasteiger partial charge in [0.15, 0.2) is 19.0 Å². The number of nitrogen functional groups attached to an aromatic ring is 1. The van der Waals surface area contributed by atoms with Gasteiger partial charge in [0.25, 0.3) is 0 Å². The van der Waals surface area contributed by atoms with Crippen molar-refractivity contribution in [1.29, 1.82) is 0 Å². The van der Waals surface area contributed by atoms with Gasteiger partial charge in [0.1, 0.15) is 5.75 Å². The molecule has 0 saturated carbocycles. The van der Waals surface area contributed by atoms with Crippen molar-refractivity contribution >= 4 is 17.9 Å². The van der Waals surface area contributed by atoms with Crippen LogP contribution in [0.15, 0.2) is 18.2 Å².